The van der Waals surface area contributed by atoms with Crippen molar-refractivity contribution in [3.05, 3.63) is 30.1 Å². The number of nitrogens with zero attached hydrogens (tertiary/aromatic N) is 3. The molecule has 17 heavy (non-hydrogen) atoms. The normalized spacial score (nSPS) is 17.5. The fourth-order valence-electron chi connectivity index (χ4n) is 2.08. The van der Waals surface area contributed by atoms with Gasteiger partial charge in [-0.25, -0.2) is 4.39 Å². The van der Waals surface area contributed by atoms with E-state index >= 15 is 0 Å². The molecule has 1 aliphatic rings. The van der Waals surface area contributed by atoms with Crippen molar-refractivity contribution < 1.29 is 4.39 Å². The lowest BCUT2D eigenvalue weighted by Crippen LogP contribution is -2.48. The van der Waals surface area contributed by atoms with Crippen molar-refractivity contribution >= 4 is 11.5 Å². The monoisotopic (exact) mass is 235 g/mol. The van der Waals surface area contributed by atoms with Gasteiger partial charge in [0, 0.05) is 38.9 Å². The van der Waals surface area contributed by atoms with Crippen molar-refractivity contribution in [2.45, 2.75) is 6.92 Å². The van der Waals surface area contributed by atoms with E-state index in [0.717, 1.165) is 37.7 Å². The first-order valence-electron chi connectivity index (χ1n) is 5.89. The van der Waals surface area contributed by atoms with Crippen LogP contribution in [0.25, 0.3) is 0 Å². The van der Waals surface area contributed by atoms with Crippen LogP contribution in [0.4, 0.5) is 10.1 Å². The van der Waals surface area contributed by atoms with Gasteiger partial charge in [-0.2, -0.15) is 0 Å². The van der Waals surface area contributed by atoms with Crippen LogP contribution < -0.4 is 4.90 Å². The van der Waals surface area contributed by atoms with E-state index in [1.54, 1.807) is 0 Å². The van der Waals surface area contributed by atoms with E-state index in [9.17, 15) is 4.39 Å². The number of hydrogen-bond donors (Lipinski definition) is 0. The molecule has 0 amide bonds. The molecule has 0 N–H and O–H groups in total. The summed E-state index contributed by atoms with van der Waals surface area (Å²) in [7, 11) is 1.82. The van der Waals surface area contributed by atoms with Gasteiger partial charge in [-0.1, -0.05) is 0 Å². The molecule has 0 radical (unpaired) electrons. The summed E-state index contributed by atoms with van der Waals surface area (Å²) in [6.45, 7) is 5.89. The highest BCUT2D eigenvalue weighted by atomic mass is 19.1. The lowest BCUT2D eigenvalue weighted by atomic mass is 10.2. The molecule has 1 saturated heterocycles. The molecule has 0 atom stereocenters. The molecular formula is C13H18FN3. The predicted octanol–water partition coefficient (Wildman–Crippen LogP) is 2.00. The summed E-state index contributed by atoms with van der Waals surface area (Å²) in [5, 5.41) is 0. The maximum Gasteiger partial charge on any atom is 0.123 e. The summed E-state index contributed by atoms with van der Waals surface area (Å²) in [5.74, 6) is 0.908. The van der Waals surface area contributed by atoms with Gasteiger partial charge in [0.15, 0.2) is 0 Å². The molecule has 1 heterocycles. The Balaban J connectivity index is 1.97. The predicted molar refractivity (Wildman–Crippen MR) is 69.2 cm³/mol. The summed E-state index contributed by atoms with van der Waals surface area (Å²) in [6, 6.07) is 6.71. The van der Waals surface area contributed by atoms with Gasteiger partial charge in [-0.15, -0.1) is 0 Å². The Morgan fingerprint density at radius 2 is 1.71 bits per heavy atom. The number of benzene rings is 1. The SMILES string of the molecule is CN=C(C)N1CCN(c2ccc(F)cc2)CC1. The number of anilines is 1. The molecule has 3 nitrogen and oxygen atoms in total. The molecule has 0 saturated carbocycles. The summed E-state index contributed by atoms with van der Waals surface area (Å²) >= 11 is 0. The van der Waals surface area contributed by atoms with Crippen molar-refractivity contribution in [2.24, 2.45) is 4.99 Å². The van der Waals surface area contributed by atoms with Crippen LogP contribution in [0.3, 0.4) is 0 Å². The lowest BCUT2D eigenvalue weighted by molar-refractivity contribution is 0.383. The zero-order chi connectivity index (χ0) is 12.3. The number of rotatable bonds is 1. The topological polar surface area (TPSA) is 18.8 Å². The molecule has 1 aromatic rings. The van der Waals surface area contributed by atoms with E-state index in [1.165, 1.54) is 12.1 Å². The molecule has 1 aliphatic heterocycles. The third-order valence-corrected chi connectivity index (χ3v) is 3.25. The second-order valence-electron chi connectivity index (χ2n) is 4.22. The first-order valence-corrected chi connectivity index (χ1v) is 5.89. The Kier molecular flexibility index (Phi) is 3.61. The van der Waals surface area contributed by atoms with Gasteiger partial charge in [0.05, 0.1) is 5.84 Å². The summed E-state index contributed by atoms with van der Waals surface area (Å²) in [5.41, 5.74) is 1.09. The Bertz CT molecular complexity index is 392. The van der Waals surface area contributed by atoms with E-state index < -0.39 is 0 Å². The highest BCUT2D eigenvalue weighted by Gasteiger charge is 2.17. The first-order chi connectivity index (χ1) is 8.20. The number of piperazine rings is 1. The average molecular weight is 235 g/mol. The minimum Gasteiger partial charge on any atom is -0.368 e. The molecule has 92 valence electrons. The first kappa shape index (κ1) is 11.9. The zero-order valence-corrected chi connectivity index (χ0v) is 10.4. The van der Waals surface area contributed by atoms with E-state index in [1.807, 2.05) is 26.1 Å². The number of halogens is 1. The highest BCUT2D eigenvalue weighted by molar-refractivity contribution is 5.79. The molecule has 0 unspecified atom stereocenters. The maximum absolute atomic E-state index is 12.8. The third kappa shape index (κ3) is 2.75. The molecule has 0 bridgehead atoms. The number of amidine groups is 1. The number of hydrogen-bond acceptors (Lipinski definition) is 2. The van der Waals surface area contributed by atoms with E-state index in [2.05, 4.69) is 14.8 Å². The summed E-state index contributed by atoms with van der Waals surface area (Å²) < 4.78 is 12.8. The van der Waals surface area contributed by atoms with Crippen LogP contribution in [-0.4, -0.2) is 44.0 Å². The highest BCUT2D eigenvalue weighted by Crippen LogP contribution is 2.16. The van der Waals surface area contributed by atoms with Gasteiger partial charge in [-0.05, 0) is 31.2 Å². The zero-order valence-electron chi connectivity index (χ0n) is 10.4. The van der Waals surface area contributed by atoms with Gasteiger partial charge in [0.25, 0.3) is 0 Å². The van der Waals surface area contributed by atoms with Gasteiger partial charge >= 0.3 is 0 Å². The lowest BCUT2D eigenvalue weighted by Gasteiger charge is -2.37. The van der Waals surface area contributed by atoms with Crippen LogP contribution in [0.15, 0.2) is 29.3 Å². The number of aliphatic imine (C=N–C) groups is 1. The molecule has 0 aromatic heterocycles. The van der Waals surface area contributed by atoms with E-state index in [4.69, 9.17) is 0 Å². The fourth-order valence-corrected chi connectivity index (χ4v) is 2.08. The second kappa shape index (κ2) is 5.17. The van der Waals surface area contributed by atoms with Crippen LogP contribution in [0.5, 0.6) is 0 Å². The average Bonchev–Trinajstić information content (AvgIpc) is 2.39. The van der Waals surface area contributed by atoms with Gasteiger partial charge in [0.1, 0.15) is 5.82 Å². The van der Waals surface area contributed by atoms with Crippen molar-refractivity contribution in [2.75, 3.05) is 38.1 Å². The van der Waals surface area contributed by atoms with Gasteiger partial charge in [0.2, 0.25) is 0 Å². The quantitative estimate of drug-likeness (QED) is 0.547. The Morgan fingerprint density at radius 3 is 2.24 bits per heavy atom. The second-order valence-corrected chi connectivity index (χ2v) is 4.22. The van der Waals surface area contributed by atoms with Gasteiger partial charge < -0.3 is 9.80 Å². The van der Waals surface area contributed by atoms with E-state index in [0.29, 0.717) is 0 Å². The molecule has 0 aliphatic carbocycles. The Labute approximate surface area is 102 Å². The largest absolute Gasteiger partial charge is 0.368 e. The van der Waals surface area contributed by atoms with Crippen LogP contribution in [-0.2, 0) is 0 Å². The van der Waals surface area contributed by atoms with Crippen LogP contribution in [0, 0.1) is 5.82 Å². The smallest absolute Gasteiger partial charge is 0.123 e. The minimum absolute atomic E-state index is 0.179. The molecule has 2 rings (SSSR count). The standard InChI is InChI=1S/C13H18FN3/c1-11(15-2)16-7-9-17(10-8-16)13-5-3-12(14)4-6-13/h3-6H,7-10H2,1-2H3. The molecule has 1 aromatic carbocycles. The van der Waals surface area contributed by atoms with Gasteiger partial charge in [-0.3, -0.25) is 4.99 Å². The molecular weight excluding hydrogens is 217 g/mol. The van der Waals surface area contributed by atoms with Crippen molar-refractivity contribution in [3.8, 4) is 0 Å². The maximum atomic E-state index is 12.8. The van der Waals surface area contributed by atoms with Crippen LogP contribution >= 0.6 is 0 Å². The minimum atomic E-state index is -0.179. The molecule has 4 heteroatoms. The van der Waals surface area contributed by atoms with Crippen molar-refractivity contribution in [1.82, 2.24) is 4.90 Å². The Morgan fingerprint density at radius 1 is 1.12 bits per heavy atom. The van der Waals surface area contributed by atoms with Crippen LogP contribution in [0.2, 0.25) is 0 Å². The molecule has 1 fully saturated rings. The van der Waals surface area contributed by atoms with Crippen molar-refractivity contribution in [3.63, 3.8) is 0 Å². The molecule has 0 spiro atoms. The third-order valence-electron chi connectivity index (χ3n) is 3.25. The Hall–Kier alpha value is -1.58. The van der Waals surface area contributed by atoms with Crippen LogP contribution in [0.1, 0.15) is 6.92 Å². The van der Waals surface area contributed by atoms with E-state index in [-0.39, 0.29) is 5.82 Å². The summed E-state index contributed by atoms with van der Waals surface area (Å²) in [6.07, 6.45) is 0. The summed E-state index contributed by atoms with van der Waals surface area (Å²) in [4.78, 5) is 8.75. The fraction of sp³-hybridized carbons (Fsp3) is 0.462. The van der Waals surface area contributed by atoms with Crippen molar-refractivity contribution in [1.29, 1.82) is 0 Å².